The molecule has 1 fully saturated rings. The lowest BCUT2D eigenvalue weighted by atomic mass is 10.1. The summed E-state index contributed by atoms with van der Waals surface area (Å²) in [6.45, 7) is 1.11. The fourth-order valence-corrected chi connectivity index (χ4v) is 2.78. The molecule has 0 saturated carbocycles. The van der Waals surface area contributed by atoms with Gasteiger partial charge in [-0.15, -0.1) is 0 Å². The summed E-state index contributed by atoms with van der Waals surface area (Å²) in [6, 6.07) is 7.74. The van der Waals surface area contributed by atoms with Gasteiger partial charge in [0.25, 0.3) is 5.91 Å². The van der Waals surface area contributed by atoms with E-state index in [1.165, 1.54) is 12.1 Å². The number of ether oxygens (including phenoxy) is 1. The highest BCUT2D eigenvalue weighted by Gasteiger charge is 2.18. The van der Waals surface area contributed by atoms with Crippen molar-refractivity contribution in [1.82, 2.24) is 10.3 Å². The molecule has 0 radical (unpaired) electrons. The predicted molar refractivity (Wildman–Crippen MR) is 85.9 cm³/mol. The summed E-state index contributed by atoms with van der Waals surface area (Å²) in [5.74, 6) is -1.05. The first-order valence-corrected chi connectivity index (χ1v) is 7.83. The van der Waals surface area contributed by atoms with Crippen LogP contribution in [0.1, 0.15) is 23.2 Å². The number of benzene rings is 1. The Labute approximate surface area is 138 Å². The lowest BCUT2D eigenvalue weighted by molar-refractivity contribution is 0.0854. The molecule has 1 aliphatic heterocycles. The first-order valence-electron chi connectivity index (χ1n) is 7.45. The first kappa shape index (κ1) is 15.9. The monoisotopic (exact) mass is 334 g/mol. The number of pyridine rings is 1. The van der Waals surface area contributed by atoms with E-state index in [1.807, 2.05) is 0 Å². The van der Waals surface area contributed by atoms with Gasteiger partial charge in [-0.25, -0.2) is 4.39 Å². The number of carbonyl (C=O) groups excluding carboxylic acids is 1. The number of amides is 1. The summed E-state index contributed by atoms with van der Waals surface area (Å²) in [4.78, 5) is 16.2. The van der Waals surface area contributed by atoms with Crippen molar-refractivity contribution in [3.63, 3.8) is 0 Å². The average Bonchev–Trinajstić information content (AvgIpc) is 3.06. The summed E-state index contributed by atoms with van der Waals surface area (Å²) in [7, 11) is 0. The number of nitrogens with one attached hydrogen (secondary N) is 1. The number of halogens is 2. The van der Waals surface area contributed by atoms with E-state index >= 15 is 0 Å². The van der Waals surface area contributed by atoms with Crippen LogP contribution in [0, 0.1) is 5.82 Å². The Hall–Kier alpha value is -1.98. The molecule has 1 aliphatic rings. The van der Waals surface area contributed by atoms with Crippen molar-refractivity contribution in [2.45, 2.75) is 18.9 Å². The average molecular weight is 335 g/mol. The van der Waals surface area contributed by atoms with Crippen LogP contribution in [0.25, 0.3) is 11.3 Å². The molecule has 2 heterocycles. The molecule has 6 heteroatoms. The molecule has 0 aliphatic carbocycles. The zero-order valence-corrected chi connectivity index (χ0v) is 13.1. The molecular weight excluding hydrogens is 319 g/mol. The molecule has 1 N–H and O–H groups in total. The van der Waals surface area contributed by atoms with E-state index in [0.717, 1.165) is 12.8 Å². The Morgan fingerprint density at radius 3 is 3.00 bits per heavy atom. The van der Waals surface area contributed by atoms with Crippen molar-refractivity contribution < 1.29 is 13.9 Å². The molecule has 0 spiro atoms. The van der Waals surface area contributed by atoms with Gasteiger partial charge in [0.1, 0.15) is 5.82 Å². The van der Waals surface area contributed by atoms with Crippen LogP contribution in [-0.2, 0) is 4.74 Å². The predicted octanol–water partition coefficient (Wildman–Crippen LogP) is 3.45. The van der Waals surface area contributed by atoms with Crippen LogP contribution in [0.15, 0.2) is 36.5 Å². The van der Waals surface area contributed by atoms with Gasteiger partial charge < -0.3 is 10.1 Å². The van der Waals surface area contributed by atoms with Gasteiger partial charge in [-0.05, 0) is 37.1 Å². The van der Waals surface area contributed by atoms with Crippen molar-refractivity contribution in [2.75, 3.05) is 13.2 Å². The van der Waals surface area contributed by atoms with Crippen LogP contribution in [0.2, 0.25) is 5.02 Å². The molecule has 1 aromatic heterocycles. The van der Waals surface area contributed by atoms with Gasteiger partial charge in [-0.2, -0.15) is 0 Å². The SMILES string of the molecule is O=C(NCC1CCCO1)c1ccc(-c2ncccc2Cl)cc1F. The van der Waals surface area contributed by atoms with Crippen molar-refractivity contribution in [3.05, 3.63) is 52.9 Å². The van der Waals surface area contributed by atoms with Crippen molar-refractivity contribution in [1.29, 1.82) is 0 Å². The highest BCUT2D eigenvalue weighted by atomic mass is 35.5. The van der Waals surface area contributed by atoms with E-state index in [4.69, 9.17) is 16.3 Å². The molecule has 1 atom stereocenters. The van der Waals surface area contributed by atoms with Crippen molar-refractivity contribution in [3.8, 4) is 11.3 Å². The van der Waals surface area contributed by atoms with Crippen LogP contribution >= 0.6 is 11.6 Å². The second-order valence-electron chi connectivity index (χ2n) is 5.37. The fraction of sp³-hybridized carbons (Fsp3) is 0.294. The maximum atomic E-state index is 14.3. The lowest BCUT2D eigenvalue weighted by Gasteiger charge is -2.11. The molecule has 23 heavy (non-hydrogen) atoms. The smallest absolute Gasteiger partial charge is 0.254 e. The Morgan fingerprint density at radius 1 is 1.43 bits per heavy atom. The Kier molecular flexibility index (Phi) is 4.88. The van der Waals surface area contributed by atoms with Crippen LogP contribution in [0.3, 0.4) is 0 Å². The van der Waals surface area contributed by atoms with Crippen molar-refractivity contribution >= 4 is 17.5 Å². The van der Waals surface area contributed by atoms with Gasteiger partial charge in [-0.1, -0.05) is 17.7 Å². The van der Waals surface area contributed by atoms with Crippen LogP contribution < -0.4 is 5.32 Å². The van der Waals surface area contributed by atoms with Gasteiger partial charge >= 0.3 is 0 Å². The van der Waals surface area contributed by atoms with E-state index < -0.39 is 11.7 Å². The Balaban J connectivity index is 1.74. The molecule has 1 aromatic carbocycles. The largest absolute Gasteiger partial charge is 0.376 e. The minimum atomic E-state index is -0.603. The molecule has 2 aromatic rings. The number of carbonyl (C=O) groups is 1. The van der Waals surface area contributed by atoms with Crippen LogP contribution in [-0.4, -0.2) is 30.1 Å². The normalized spacial score (nSPS) is 17.2. The molecule has 120 valence electrons. The molecular formula is C17H16ClFN2O2. The standard InChI is InChI=1S/C17H16ClFN2O2/c18-14-4-1-7-20-16(14)11-5-6-13(15(19)9-11)17(22)21-10-12-3-2-8-23-12/h1,4-7,9,12H,2-3,8,10H2,(H,21,22). The van der Waals surface area contributed by atoms with E-state index in [-0.39, 0.29) is 11.7 Å². The zero-order chi connectivity index (χ0) is 16.2. The second-order valence-corrected chi connectivity index (χ2v) is 5.78. The molecule has 1 amide bonds. The molecule has 1 saturated heterocycles. The Bertz CT molecular complexity index is 717. The topological polar surface area (TPSA) is 51.2 Å². The van der Waals surface area contributed by atoms with E-state index in [9.17, 15) is 9.18 Å². The number of hydrogen-bond acceptors (Lipinski definition) is 3. The maximum absolute atomic E-state index is 14.3. The van der Waals surface area contributed by atoms with Gasteiger partial charge in [-0.3, -0.25) is 9.78 Å². The highest BCUT2D eigenvalue weighted by molar-refractivity contribution is 6.33. The zero-order valence-electron chi connectivity index (χ0n) is 12.4. The van der Waals surface area contributed by atoms with E-state index in [0.29, 0.717) is 29.4 Å². The minimum Gasteiger partial charge on any atom is -0.376 e. The van der Waals surface area contributed by atoms with Crippen LogP contribution in [0.4, 0.5) is 4.39 Å². The van der Waals surface area contributed by atoms with Gasteiger partial charge in [0.15, 0.2) is 0 Å². The minimum absolute atomic E-state index is 0.00111. The lowest BCUT2D eigenvalue weighted by Crippen LogP contribution is -2.32. The highest BCUT2D eigenvalue weighted by Crippen LogP contribution is 2.26. The van der Waals surface area contributed by atoms with E-state index in [2.05, 4.69) is 10.3 Å². The molecule has 4 nitrogen and oxygen atoms in total. The van der Waals surface area contributed by atoms with Gasteiger partial charge in [0.2, 0.25) is 0 Å². The summed E-state index contributed by atoms with van der Waals surface area (Å²) < 4.78 is 19.7. The number of aromatic nitrogens is 1. The van der Waals surface area contributed by atoms with E-state index in [1.54, 1.807) is 24.4 Å². The first-order chi connectivity index (χ1) is 11.1. The Morgan fingerprint density at radius 2 is 2.30 bits per heavy atom. The number of nitrogens with zero attached hydrogens (tertiary/aromatic N) is 1. The third-order valence-corrected chi connectivity index (χ3v) is 4.06. The summed E-state index contributed by atoms with van der Waals surface area (Å²) in [6.07, 6.45) is 3.52. The van der Waals surface area contributed by atoms with Gasteiger partial charge in [0, 0.05) is 24.9 Å². The second kappa shape index (κ2) is 7.06. The number of rotatable bonds is 4. The molecule has 0 bridgehead atoms. The van der Waals surface area contributed by atoms with Crippen LogP contribution in [0.5, 0.6) is 0 Å². The van der Waals surface area contributed by atoms with Crippen molar-refractivity contribution in [2.24, 2.45) is 0 Å². The summed E-state index contributed by atoms with van der Waals surface area (Å²) in [5.41, 5.74) is 1.02. The third kappa shape index (κ3) is 3.68. The summed E-state index contributed by atoms with van der Waals surface area (Å²) >= 11 is 6.06. The summed E-state index contributed by atoms with van der Waals surface area (Å²) in [5, 5.41) is 3.14. The molecule has 3 rings (SSSR count). The fourth-order valence-electron chi connectivity index (χ4n) is 2.55. The number of hydrogen-bond donors (Lipinski definition) is 1. The van der Waals surface area contributed by atoms with Gasteiger partial charge in [0.05, 0.1) is 22.4 Å². The maximum Gasteiger partial charge on any atom is 0.254 e. The molecule has 1 unspecified atom stereocenters. The third-order valence-electron chi connectivity index (χ3n) is 3.76. The quantitative estimate of drug-likeness (QED) is 0.931.